The lowest BCUT2D eigenvalue weighted by Gasteiger charge is -2.22. The van der Waals surface area contributed by atoms with Gasteiger partial charge in [-0.15, -0.1) is 0 Å². The fraction of sp³-hybridized carbons (Fsp3) is 0.727. The van der Waals surface area contributed by atoms with Crippen LogP contribution in [0.4, 0.5) is 0 Å². The Morgan fingerprint density at radius 2 is 2.18 bits per heavy atom. The van der Waals surface area contributed by atoms with Gasteiger partial charge in [0, 0.05) is 18.8 Å². The summed E-state index contributed by atoms with van der Waals surface area (Å²) in [5.74, 6) is 0.608. The highest BCUT2D eigenvalue weighted by Gasteiger charge is 2.24. The van der Waals surface area contributed by atoms with Crippen LogP contribution in [0.1, 0.15) is 31.5 Å². The molecule has 0 aliphatic carbocycles. The van der Waals surface area contributed by atoms with E-state index >= 15 is 0 Å². The van der Waals surface area contributed by atoms with Gasteiger partial charge in [0.2, 0.25) is 0 Å². The highest BCUT2D eigenvalue weighted by molar-refractivity contribution is 7.91. The van der Waals surface area contributed by atoms with Crippen molar-refractivity contribution >= 4 is 9.84 Å². The van der Waals surface area contributed by atoms with Crippen molar-refractivity contribution in [2.24, 2.45) is 0 Å². The van der Waals surface area contributed by atoms with Crippen molar-refractivity contribution in [3.05, 3.63) is 18.2 Å². The highest BCUT2D eigenvalue weighted by atomic mass is 32.2. The molecule has 1 aromatic rings. The second kappa shape index (κ2) is 5.18. The molecule has 1 saturated heterocycles. The number of hydrogen-bond acceptors (Lipinski definition) is 4. The topological polar surface area (TPSA) is 64.0 Å². The summed E-state index contributed by atoms with van der Waals surface area (Å²) in [6, 6.07) is 0.293. The molecule has 6 heteroatoms. The van der Waals surface area contributed by atoms with Crippen LogP contribution in [0.5, 0.6) is 0 Å². The molecule has 17 heavy (non-hydrogen) atoms. The summed E-state index contributed by atoms with van der Waals surface area (Å²) in [4.78, 5) is 4.32. The molecule has 2 heterocycles. The second-order valence-electron chi connectivity index (χ2n) is 4.48. The normalized spacial score (nSPS) is 20.5. The van der Waals surface area contributed by atoms with Gasteiger partial charge in [-0.2, -0.15) is 0 Å². The molecule has 0 unspecified atom stereocenters. The number of nitrogens with zero attached hydrogens (tertiary/aromatic N) is 2. The lowest BCUT2D eigenvalue weighted by Crippen LogP contribution is -2.24. The molecule has 1 aliphatic rings. The molecule has 0 amide bonds. The molecule has 0 radical (unpaired) electrons. The zero-order valence-corrected chi connectivity index (χ0v) is 10.9. The van der Waals surface area contributed by atoms with Crippen molar-refractivity contribution in [3.8, 4) is 0 Å². The van der Waals surface area contributed by atoms with Crippen molar-refractivity contribution in [2.75, 3.05) is 18.1 Å². The Morgan fingerprint density at radius 1 is 1.47 bits per heavy atom. The first kappa shape index (κ1) is 12.6. The van der Waals surface area contributed by atoms with Crippen LogP contribution in [0.3, 0.4) is 0 Å². The first-order chi connectivity index (χ1) is 8.11. The van der Waals surface area contributed by atoms with Crippen LogP contribution >= 0.6 is 0 Å². The average molecular weight is 257 g/mol. The van der Waals surface area contributed by atoms with Crippen LogP contribution in [-0.2, 0) is 16.4 Å². The molecule has 1 fully saturated rings. The Balaban J connectivity index is 1.96. The van der Waals surface area contributed by atoms with Gasteiger partial charge in [-0.3, -0.25) is 0 Å². The second-order valence-corrected chi connectivity index (χ2v) is 6.78. The smallest absolute Gasteiger partial charge is 0.150 e. The molecule has 0 bridgehead atoms. The summed E-state index contributed by atoms with van der Waals surface area (Å²) in [7, 11) is -2.78. The van der Waals surface area contributed by atoms with Crippen molar-refractivity contribution < 1.29 is 8.42 Å². The van der Waals surface area contributed by atoms with Gasteiger partial charge in [0.1, 0.15) is 9.84 Å². The van der Waals surface area contributed by atoms with Crippen LogP contribution < -0.4 is 5.32 Å². The summed E-state index contributed by atoms with van der Waals surface area (Å²) in [6.07, 6.45) is 5.25. The maximum absolute atomic E-state index is 11.3. The Bertz CT molecular complexity index is 453. The SMILES string of the molecule is CCNCc1cn(C2CCS(=O)(=O)CC2)cn1. The predicted molar refractivity (Wildman–Crippen MR) is 66.5 cm³/mol. The molecule has 1 aliphatic heterocycles. The number of imidazole rings is 1. The molecule has 0 atom stereocenters. The van der Waals surface area contributed by atoms with Crippen LogP contribution in [0.2, 0.25) is 0 Å². The van der Waals surface area contributed by atoms with E-state index in [2.05, 4.69) is 21.8 Å². The molecular formula is C11H19N3O2S. The van der Waals surface area contributed by atoms with Crippen LogP contribution in [0.15, 0.2) is 12.5 Å². The third-order valence-corrected chi connectivity index (χ3v) is 4.87. The number of hydrogen-bond donors (Lipinski definition) is 1. The average Bonchev–Trinajstić information content (AvgIpc) is 2.75. The van der Waals surface area contributed by atoms with E-state index in [1.165, 1.54) is 0 Å². The van der Waals surface area contributed by atoms with Crippen molar-refractivity contribution in [2.45, 2.75) is 32.4 Å². The van der Waals surface area contributed by atoms with Gasteiger partial charge in [-0.25, -0.2) is 13.4 Å². The minimum absolute atomic E-state index is 0.293. The molecule has 0 aromatic carbocycles. The molecule has 5 nitrogen and oxygen atoms in total. The summed E-state index contributed by atoms with van der Waals surface area (Å²) in [6.45, 7) is 3.76. The first-order valence-corrected chi connectivity index (χ1v) is 7.86. The van der Waals surface area contributed by atoms with Gasteiger partial charge >= 0.3 is 0 Å². The third-order valence-electron chi connectivity index (χ3n) is 3.16. The molecule has 96 valence electrons. The third kappa shape index (κ3) is 3.29. The Morgan fingerprint density at radius 3 is 2.82 bits per heavy atom. The maximum Gasteiger partial charge on any atom is 0.150 e. The summed E-state index contributed by atoms with van der Waals surface area (Å²) in [5.41, 5.74) is 1.01. The Labute approximate surface area is 102 Å². The highest BCUT2D eigenvalue weighted by Crippen LogP contribution is 2.23. The van der Waals surface area contributed by atoms with Gasteiger partial charge in [-0.05, 0) is 19.4 Å². The fourth-order valence-corrected chi connectivity index (χ4v) is 3.57. The zero-order valence-electron chi connectivity index (χ0n) is 10.1. The van der Waals surface area contributed by atoms with Gasteiger partial charge in [0.25, 0.3) is 0 Å². The van der Waals surface area contributed by atoms with Crippen molar-refractivity contribution in [1.82, 2.24) is 14.9 Å². The largest absolute Gasteiger partial charge is 0.334 e. The molecule has 2 rings (SSSR count). The maximum atomic E-state index is 11.3. The van der Waals surface area contributed by atoms with E-state index in [1.54, 1.807) is 0 Å². The van der Waals surface area contributed by atoms with Gasteiger partial charge in [0.15, 0.2) is 0 Å². The lowest BCUT2D eigenvalue weighted by molar-refractivity contribution is 0.449. The van der Waals surface area contributed by atoms with E-state index in [1.807, 2.05) is 12.5 Å². The van der Waals surface area contributed by atoms with Gasteiger partial charge in [0.05, 0.1) is 23.5 Å². The number of nitrogens with one attached hydrogen (secondary N) is 1. The number of aromatic nitrogens is 2. The van der Waals surface area contributed by atoms with E-state index in [0.29, 0.717) is 30.4 Å². The van der Waals surface area contributed by atoms with Crippen LogP contribution in [0, 0.1) is 0 Å². The minimum Gasteiger partial charge on any atom is -0.334 e. The van der Waals surface area contributed by atoms with Crippen LogP contribution in [-0.4, -0.2) is 36.0 Å². The predicted octanol–water partition coefficient (Wildman–Crippen LogP) is 0.742. The van der Waals surface area contributed by atoms with E-state index < -0.39 is 9.84 Å². The van der Waals surface area contributed by atoms with Crippen molar-refractivity contribution in [1.29, 1.82) is 0 Å². The van der Waals surface area contributed by atoms with Gasteiger partial charge < -0.3 is 9.88 Å². The van der Waals surface area contributed by atoms with Crippen LogP contribution in [0.25, 0.3) is 0 Å². The Hall–Kier alpha value is -0.880. The quantitative estimate of drug-likeness (QED) is 0.864. The van der Waals surface area contributed by atoms with Gasteiger partial charge in [-0.1, -0.05) is 6.92 Å². The van der Waals surface area contributed by atoms with E-state index in [-0.39, 0.29) is 0 Å². The first-order valence-electron chi connectivity index (χ1n) is 6.04. The fourth-order valence-electron chi connectivity index (χ4n) is 2.10. The van der Waals surface area contributed by atoms with Crippen molar-refractivity contribution in [3.63, 3.8) is 0 Å². The zero-order chi connectivity index (χ0) is 12.3. The molecule has 1 N–H and O–H groups in total. The van der Waals surface area contributed by atoms with E-state index in [4.69, 9.17) is 0 Å². The monoisotopic (exact) mass is 257 g/mol. The molecule has 1 aromatic heterocycles. The molecule has 0 saturated carbocycles. The standard InChI is InChI=1S/C11H19N3O2S/c1-2-12-7-10-8-14(9-13-10)11-3-5-17(15,16)6-4-11/h8-9,11-12H,2-7H2,1H3. The summed E-state index contributed by atoms with van der Waals surface area (Å²) < 4.78 is 24.7. The Kier molecular flexibility index (Phi) is 3.83. The van der Waals surface area contributed by atoms with E-state index in [0.717, 1.165) is 18.8 Å². The lowest BCUT2D eigenvalue weighted by atomic mass is 10.1. The minimum atomic E-state index is -2.78. The van der Waals surface area contributed by atoms with E-state index in [9.17, 15) is 8.42 Å². The number of sulfone groups is 1. The molecule has 0 spiro atoms. The summed E-state index contributed by atoms with van der Waals surface area (Å²) >= 11 is 0. The number of rotatable bonds is 4. The molecular weight excluding hydrogens is 238 g/mol. The summed E-state index contributed by atoms with van der Waals surface area (Å²) in [5, 5.41) is 3.22.